The van der Waals surface area contributed by atoms with E-state index in [2.05, 4.69) is 20.6 Å². The van der Waals surface area contributed by atoms with Crippen molar-refractivity contribution in [3.8, 4) is 5.75 Å². The number of rotatable bonds is 7. The van der Waals surface area contributed by atoms with Crippen LogP contribution in [0.15, 0.2) is 63.9 Å². The minimum Gasteiger partial charge on any atom is -0.497 e. The topological polar surface area (TPSA) is 150 Å². The smallest absolute Gasteiger partial charge is 0.335 e. The number of carbonyl (C=O) groups excluding carboxylic acids is 3. The zero-order chi connectivity index (χ0) is 23.3. The average molecular weight is 437 g/mol. The predicted molar refractivity (Wildman–Crippen MR) is 113 cm³/mol. The maximum absolute atomic E-state index is 12.6. The molecule has 2 aromatic carbocycles. The third-order valence-electron chi connectivity index (χ3n) is 4.40. The molecule has 1 heterocycles. The van der Waals surface area contributed by atoms with Crippen LogP contribution < -0.4 is 10.1 Å². The maximum Gasteiger partial charge on any atom is 0.335 e. The van der Waals surface area contributed by atoms with Crippen LogP contribution in [0.4, 0.5) is 11.4 Å². The Hall–Kier alpha value is -4.41. The fourth-order valence-corrected chi connectivity index (χ4v) is 2.78. The van der Waals surface area contributed by atoms with E-state index in [1.165, 1.54) is 38.3 Å². The molecule has 0 fully saturated rings. The highest BCUT2D eigenvalue weighted by molar-refractivity contribution is 6.18. The summed E-state index contributed by atoms with van der Waals surface area (Å²) in [4.78, 5) is 48.1. The highest BCUT2D eigenvalue weighted by Gasteiger charge is 2.38. The van der Waals surface area contributed by atoms with E-state index >= 15 is 0 Å². The Morgan fingerprint density at radius 2 is 1.91 bits per heavy atom. The molecule has 1 atom stereocenters. The van der Waals surface area contributed by atoms with Crippen LogP contribution in [0.25, 0.3) is 0 Å². The van der Waals surface area contributed by atoms with Crippen LogP contribution in [0.2, 0.25) is 0 Å². The molecule has 2 aromatic rings. The number of anilines is 1. The zero-order valence-electron chi connectivity index (χ0n) is 17.2. The summed E-state index contributed by atoms with van der Waals surface area (Å²) >= 11 is 0. The molecule has 3 amide bonds. The summed E-state index contributed by atoms with van der Waals surface area (Å²) in [6.07, 6.45) is -0.597. The highest BCUT2D eigenvalue weighted by atomic mass is 16.5. The van der Waals surface area contributed by atoms with E-state index in [4.69, 9.17) is 9.84 Å². The molecule has 0 saturated heterocycles. The van der Waals surface area contributed by atoms with E-state index in [1.54, 1.807) is 24.3 Å². The van der Waals surface area contributed by atoms with Crippen molar-refractivity contribution in [1.29, 1.82) is 0 Å². The number of hydrogen-bond donors (Lipinski definition) is 2. The lowest BCUT2D eigenvalue weighted by Gasteiger charge is -2.11. The molecule has 3 rings (SSSR count). The van der Waals surface area contributed by atoms with E-state index in [-0.39, 0.29) is 11.3 Å². The molecule has 0 aromatic heterocycles. The SMILES string of the molecule is COc1cccc(NC(=O)CC(=O)N2N=C(C)[C@@H](N=Nc3ccc(C(=O)O)cc3)C2=O)c1. The van der Waals surface area contributed by atoms with Gasteiger partial charge in [-0.15, -0.1) is 0 Å². The standard InChI is InChI=1S/C21H19N5O6/c1-12-19(24-23-14-8-6-13(7-9-14)21(30)31)20(29)26(25-12)18(28)11-17(27)22-15-4-3-5-16(10-15)32-2/h3-10,19H,11H2,1-2H3,(H,22,27)(H,30,31)/t19-/m1/s1. The molecule has 11 heteroatoms. The number of carbonyl (C=O) groups is 4. The van der Waals surface area contributed by atoms with Crippen LogP contribution >= 0.6 is 0 Å². The quantitative estimate of drug-likeness (QED) is 0.502. The Bertz CT molecular complexity index is 1130. The summed E-state index contributed by atoms with van der Waals surface area (Å²) in [6.45, 7) is 1.51. The van der Waals surface area contributed by atoms with Gasteiger partial charge in [-0.2, -0.15) is 20.3 Å². The van der Waals surface area contributed by atoms with E-state index in [0.717, 1.165) is 0 Å². The van der Waals surface area contributed by atoms with Crippen molar-refractivity contribution in [2.75, 3.05) is 12.4 Å². The van der Waals surface area contributed by atoms with Gasteiger partial charge in [0.15, 0.2) is 6.04 Å². The first-order chi connectivity index (χ1) is 15.3. The number of nitrogens with one attached hydrogen (secondary N) is 1. The number of azo groups is 1. The summed E-state index contributed by atoms with van der Waals surface area (Å²) in [5, 5.41) is 23.8. The molecule has 1 aliphatic heterocycles. The van der Waals surface area contributed by atoms with Crippen molar-refractivity contribution in [3.05, 3.63) is 54.1 Å². The second kappa shape index (κ2) is 9.60. The molecular formula is C21H19N5O6. The molecular weight excluding hydrogens is 418 g/mol. The number of nitrogens with zero attached hydrogens (tertiary/aromatic N) is 4. The summed E-state index contributed by atoms with van der Waals surface area (Å²) in [7, 11) is 1.49. The van der Waals surface area contributed by atoms with Crippen molar-refractivity contribution in [2.24, 2.45) is 15.3 Å². The first kappa shape index (κ1) is 22.3. The normalized spacial score (nSPS) is 15.6. The summed E-state index contributed by atoms with van der Waals surface area (Å²) in [5.74, 6) is -2.69. The fourth-order valence-electron chi connectivity index (χ4n) is 2.78. The molecule has 32 heavy (non-hydrogen) atoms. The number of carboxylic acid groups (broad SMARTS) is 1. The summed E-state index contributed by atoms with van der Waals surface area (Å²) < 4.78 is 5.07. The van der Waals surface area contributed by atoms with Gasteiger partial charge in [-0.25, -0.2) is 4.79 Å². The van der Waals surface area contributed by atoms with Crippen molar-refractivity contribution in [2.45, 2.75) is 19.4 Å². The van der Waals surface area contributed by atoms with E-state index in [1.807, 2.05) is 0 Å². The lowest BCUT2D eigenvalue weighted by molar-refractivity contribution is -0.144. The molecule has 2 N–H and O–H groups in total. The molecule has 1 aliphatic rings. The molecule has 0 unspecified atom stereocenters. The first-order valence-corrected chi connectivity index (χ1v) is 9.38. The number of hydrogen-bond acceptors (Lipinski definition) is 8. The third kappa shape index (κ3) is 5.19. The van der Waals surface area contributed by atoms with Gasteiger partial charge in [0.1, 0.15) is 12.2 Å². The monoisotopic (exact) mass is 437 g/mol. The van der Waals surface area contributed by atoms with Crippen LogP contribution in [0, 0.1) is 0 Å². The Kier molecular flexibility index (Phi) is 6.68. The molecule has 0 spiro atoms. The minimum absolute atomic E-state index is 0.0858. The van der Waals surface area contributed by atoms with Gasteiger partial charge in [0.2, 0.25) is 5.91 Å². The van der Waals surface area contributed by atoms with Gasteiger partial charge in [-0.05, 0) is 43.3 Å². The van der Waals surface area contributed by atoms with Crippen LogP contribution in [-0.4, -0.2) is 52.7 Å². The molecule has 0 bridgehead atoms. The number of aromatic carboxylic acids is 1. The molecule has 0 aliphatic carbocycles. The van der Waals surface area contributed by atoms with Crippen molar-refractivity contribution in [1.82, 2.24) is 5.01 Å². The molecule has 11 nitrogen and oxygen atoms in total. The summed E-state index contributed by atoms with van der Waals surface area (Å²) in [5.41, 5.74) is 1.10. The van der Waals surface area contributed by atoms with Crippen molar-refractivity contribution < 1.29 is 29.0 Å². The van der Waals surface area contributed by atoms with E-state index < -0.39 is 36.2 Å². The number of carboxylic acids is 1. The van der Waals surface area contributed by atoms with Crippen LogP contribution in [-0.2, 0) is 14.4 Å². The molecule has 0 saturated carbocycles. The minimum atomic E-state index is -1.11. The van der Waals surface area contributed by atoms with Crippen molar-refractivity contribution >= 4 is 40.8 Å². The van der Waals surface area contributed by atoms with Gasteiger partial charge in [0.05, 0.1) is 24.1 Å². The van der Waals surface area contributed by atoms with Crippen molar-refractivity contribution in [3.63, 3.8) is 0 Å². The van der Waals surface area contributed by atoms with Gasteiger partial charge >= 0.3 is 5.97 Å². The number of methoxy groups -OCH3 is 1. The first-order valence-electron chi connectivity index (χ1n) is 9.38. The Morgan fingerprint density at radius 1 is 1.19 bits per heavy atom. The maximum atomic E-state index is 12.6. The largest absolute Gasteiger partial charge is 0.497 e. The van der Waals surface area contributed by atoms with E-state index in [9.17, 15) is 19.2 Å². The van der Waals surface area contributed by atoms with Gasteiger partial charge < -0.3 is 15.2 Å². The second-order valence-corrected chi connectivity index (χ2v) is 6.71. The van der Waals surface area contributed by atoms with Gasteiger partial charge in [0.25, 0.3) is 11.8 Å². The van der Waals surface area contributed by atoms with Crippen LogP contribution in [0.5, 0.6) is 5.75 Å². The Labute approximate surface area is 182 Å². The molecule has 0 radical (unpaired) electrons. The number of ether oxygens (including phenoxy) is 1. The number of hydrazone groups is 1. The second-order valence-electron chi connectivity index (χ2n) is 6.71. The van der Waals surface area contributed by atoms with Gasteiger partial charge in [-0.3, -0.25) is 14.4 Å². The van der Waals surface area contributed by atoms with Gasteiger partial charge in [-0.1, -0.05) is 6.07 Å². The Morgan fingerprint density at radius 3 is 2.56 bits per heavy atom. The zero-order valence-corrected chi connectivity index (χ0v) is 17.2. The third-order valence-corrected chi connectivity index (χ3v) is 4.40. The Balaban J connectivity index is 1.61. The number of imide groups is 1. The van der Waals surface area contributed by atoms with E-state index in [0.29, 0.717) is 22.1 Å². The summed E-state index contributed by atoms with van der Waals surface area (Å²) in [6, 6.07) is 11.1. The number of benzene rings is 2. The van der Waals surface area contributed by atoms with Crippen LogP contribution in [0.1, 0.15) is 23.7 Å². The molecule has 164 valence electrons. The number of amides is 3. The lowest BCUT2D eigenvalue weighted by Crippen LogP contribution is -2.36. The fraction of sp³-hybridized carbons (Fsp3) is 0.190. The van der Waals surface area contributed by atoms with Gasteiger partial charge in [0, 0.05) is 11.8 Å². The lowest BCUT2D eigenvalue weighted by atomic mass is 10.2. The van der Waals surface area contributed by atoms with Crippen LogP contribution in [0.3, 0.4) is 0 Å². The average Bonchev–Trinajstić information content (AvgIpc) is 3.06. The predicted octanol–water partition coefficient (Wildman–Crippen LogP) is 2.62. The highest BCUT2D eigenvalue weighted by Crippen LogP contribution is 2.20.